The molecule has 0 fully saturated rings. The molecule has 23 heavy (non-hydrogen) atoms. The molecule has 1 heterocycles. The summed E-state index contributed by atoms with van der Waals surface area (Å²) < 4.78 is 56.1. The van der Waals surface area contributed by atoms with Crippen molar-refractivity contribution in [3.8, 4) is 0 Å². The van der Waals surface area contributed by atoms with Crippen LogP contribution in [0.25, 0.3) is 11.1 Å². The number of nitrogens with one attached hydrogen (secondary N) is 1. The number of anilines is 1. The predicted octanol–water partition coefficient (Wildman–Crippen LogP) is 4.24. The lowest BCUT2D eigenvalue weighted by Gasteiger charge is -2.07. The van der Waals surface area contributed by atoms with Gasteiger partial charge < -0.3 is 4.42 Å². The van der Waals surface area contributed by atoms with Crippen molar-refractivity contribution in [2.75, 3.05) is 5.32 Å². The number of fused-ring (bicyclic) bond motifs is 1. The van der Waals surface area contributed by atoms with Gasteiger partial charge in [0, 0.05) is 11.6 Å². The first-order chi connectivity index (χ1) is 10.8. The fraction of sp³-hybridized carbons (Fsp3) is 0.0667. The molecule has 0 aliphatic carbocycles. The van der Waals surface area contributed by atoms with Crippen molar-refractivity contribution in [1.29, 1.82) is 0 Å². The number of rotatable bonds is 2. The molecule has 1 amide bonds. The van der Waals surface area contributed by atoms with Crippen LogP contribution in [0.15, 0.2) is 46.9 Å². The monoisotopic (exact) mass is 324 g/mol. The van der Waals surface area contributed by atoms with Gasteiger partial charge >= 0.3 is 12.2 Å². The standard InChI is InChI=1S/C15H8F4N2O2/c16-10-4-5-12-11(7-10)20-14(23-12)21-13(22)8-2-1-3-9(6-8)15(17,18)19/h1-7H,(H,20,21,22). The highest BCUT2D eigenvalue weighted by Gasteiger charge is 2.31. The van der Waals surface area contributed by atoms with Crippen LogP contribution in [0.1, 0.15) is 15.9 Å². The minimum absolute atomic E-state index is 0.185. The zero-order valence-electron chi connectivity index (χ0n) is 11.3. The number of oxazole rings is 1. The maximum absolute atomic E-state index is 13.1. The minimum atomic E-state index is -4.55. The molecule has 0 aliphatic rings. The Morgan fingerprint density at radius 1 is 1.13 bits per heavy atom. The Morgan fingerprint density at radius 3 is 2.65 bits per heavy atom. The number of carbonyl (C=O) groups is 1. The lowest BCUT2D eigenvalue weighted by molar-refractivity contribution is -0.137. The normalized spacial score (nSPS) is 11.7. The van der Waals surface area contributed by atoms with E-state index in [0.717, 1.165) is 30.3 Å². The van der Waals surface area contributed by atoms with Crippen LogP contribution in [0.3, 0.4) is 0 Å². The van der Waals surface area contributed by atoms with Gasteiger partial charge in [-0.2, -0.15) is 18.2 Å². The molecule has 0 aliphatic heterocycles. The molecular formula is C15H8F4N2O2. The second-order valence-electron chi connectivity index (χ2n) is 4.66. The molecule has 0 atom stereocenters. The number of hydrogen-bond donors (Lipinski definition) is 1. The molecular weight excluding hydrogens is 316 g/mol. The van der Waals surface area contributed by atoms with E-state index in [4.69, 9.17) is 4.42 Å². The summed E-state index contributed by atoms with van der Waals surface area (Å²) in [7, 11) is 0. The largest absolute Gasteiger partial charge is 0.423 e. The molecule has 0 bridgehead atoms. The van der Waals surface area contributed by atoms with Crippen LogP contribution in [0, 0.1) is 5.82 Å². The van der Waals surface area contributed by atoms with E-state index in [0.29, 0.717) is 0 Å². The molecule has 0 spiro atoms. The lowest BCUT2D eigenvalue weighted by atomic mass is 10.1. The summed E-state index contributed by atoms with van der Waals surface area (Å²) in [5.41, 5.74) is -0.715. The van der Waals surface area contributed by atoms with Gasteiger partial charge in [-0.15, -0.1) is 0 Å². The van der Waals surface area contributed by atoms with Gasteiger partial charge in [0.15, 0.2) is 5.58 Å². The average Bonchev–Trinajstić information content (AvgIpc) is 2.87. The molecule has 8 heteroatoms. The first-order valence-corrected chi connectivity index (χ1v) is 6.37. The van der Waals surface area contributed by atoms with Crippen molar-refractivity contribution in [1.82, 2.24) is 4.98 Å². The third kappa shape index (κ3) is 3.15. The van der Waals surface area contributed by atoms with E-state index in [-0.39, 0.29) is 22.7 Å². The van der Waals surface area contributed by atoms with Crippen LogP contribution in [0.2, 0.25) is 0 Å². The van der Waals surface area contributed by atoms with E-state index in [2.05, 4.69) is 10.3 Å². The quantitative estimate of drug-likeness (QED) is 0.717. The van der Waals surface area contributed by atoms with Gasteiger partial charge in [0.1, 0.15) is 11.3 Å². The number of hydrogen-bond acceptors (Lipinski definition) is 3. The van der Waals surface area contributed by atoms with E-state index < -0.39 is 23.5 Å². The predicted molar refractivity (Wildman–Crippen MR) is 73.4 cm³/mol. The van der Waals surface area contributed by atoms with Gasteiger partial charge in [-0.05, 0) is 30.3 Å². The summed E-state index contributed by atoms with van der Waals surface area (Å²) in [4.78, 5) is 15.8. The molecule has 1 N–H and O–H groups in total. The van der Waals surface area contributed by atoms with Gasteiger partial charge in [-0.3, -0.25) is 10.1 Å². The average molecular weight is 324 g/mol. The smallest absolute Gasteiger partial charge is 0.416 e. The van der Waals surface area contributed by atoms with Crippen LogP contribution in [0.4, 0.5) is 23.6 Å². The third-order valence-electron chi connectivity index (χ3n) is 3.02. The van der Waals surface area contributed by atoms with Gasteiger partial charge in [0.05, 0.1) is 5.56 Å². The highest BCUT2D eigenvalue weighted by Crippen LogP contribution is 2.29. The third-order valence-corrected chi connectivity index (χ3v) is 3.02. The Bertz CT molecular complexity index is 887. The van der Waals surface area contributed by atoms with E-state index in [1.54, 1.807) is 0 Å². The van der Waals surface area contributed by atoms with Gasteiger partial charge in [0.2, 0.25) is 0 Å². The molecule has 0 saturated heterocycles. The molecule has 118 valence electrons. The zero-order valence-corrected chi connectivity index (χ0v) is 11.3. The number of halogens is 4. The Balaban J connectivity index is 1.85. The van der Waals surface area contributed by atoms with Crippen LogP contribution in [-0.4, -0.2) is 10.9 Å². The number of benzene rings is 2. The number of nitrogens with zero attached hydrogens (tertiary/aromatic N) is 1. The van der Waals surface area contributed by atoms with Crippen molar-refractivity contribution in [2.45, 2.75) is 6.18 Å². The van der Waals surface area contributed by atoms with Crippen molar-refractivity contribution < 1.29 is 26.8 Å². The summed E-state index contributed by atoms with van der Waals surface area (Å²) in [6.07, 6.45) is -4.55. The van der Waals surface area contributed by atoms with Crippen LogP contribution in [0.5, 0.6) is 0 Å². The summed E-state index contributed by atoms with van der Waals surface area (Å²) in [5, 5.41) is 2.24. The van der Waals surface area contributed by atoms with Crippen molar-refractivity contribution in [2.24, 2.45) is 0 Å². The molecule has 0 radical (unpaired) electrons. The number of amides is 1. The van der Waals surface area contributed by atoms with Gasteiger partial charge in [0.25, 0.3) is 5.91 Å². The summed E-state index contributed by atoms with van der Waals surface area (Å²) in [6.45, 7) is 0. The first kappa shape index (κ1) is 15.0. The lowest BCUT2D eigenvalue weighted by Crippen LogP contribution is -2.14. The second-order valence-corrected chi connectivity index (χ2v) is 4.66. The number of alkyl halides is 3. The molecule has 2 aromatic carbocycles. The SMILES string of the molecule is O=C(Nc1nc2cc(F)ccc2o1)c1cccc(C(F)(F)F)c1. The van der Waals surface area contributed by atoms with E-state index in [1.807, 2.05) is 0 Å². The fourth-order valence-electron chi connectivity index (χ4n) is 1.96. The first-order valence-electron chi connectivity index (χ1n) is 6.37. The van der Waals surface area contributed by atoms with Crippen molar-refractivity contribution >= 4 is 23.0 Å². The van der Waals surface area contributed by atoms with E-state index >= 15 is 0 Å². The molecule has 4 nitrogen and oxygen atoms in total. The van der Waals surface area contributed by atoms with Crippen molar-refractivity contribution in [3.63, 3.8) is 0 Å². The minimum Gasteiger partial charge on any atom is -0.423 e. The maximum Gasteiger partial charge on any atom is 0.416 e. The Kier molecular flexibility index (Phi) is 3.51. The topological polar surface area (TPSA) is 55.1 Å². The van der Waals surface area contributed by atoms with Crippen LogP contribution >= 0.6 is 0 Å². The van der Waals surface area contributed by atoms with Gasteiger partial charge in [-0.25, -0.2) is 4.39 Å². The molecule has 0 unspecified atom stereocenters. The molecule has 3 aromatic rings. The van der Waals surface area contributed by atoms with E-state index in [9.17, 15) is 22.4 Å². The zero-order chi connectivity index (χ0) is 16.6. The summed E-state index contributed by atoms with van der Waals surface area (Å²) in [5.74, 6) is -1.34. The highest BCUT2D eigenvalue weighted by molar-refractivity contribution is 6.03. The second kappa shape index (κ2) is 5.38. The highest BCUT2D eigenvalue weighted by atomic mass is 19.4. The Hall–Kier alpha value is -2.90. The Morgan fingerprint density at radius 2 is 1.91 bits per heavy atom. The van der Waals surface area contributed by atoms with Crippen LogP contribution in [-0.2, 0) is 6.18 Å². The summed E-state index contributed by atoms with van der Waals surface area (Å²) in [6, 6.07) is 7.30. The Labute approximate surface area is 126 Å². The molecule has 3 rings (SSSR count). The fourth-order valence-corrected chi connectivity index (χ4v) is 1.96. The van der Waals surface area contributed by atoms with Crippen LogP contribution < -0.4 is 5.32 Å². The molecule has 1 aromatic heterocycles. The maximum atomic E-state index is 13.1. The van der Waals surface area contributed by atoms with Gasteiger partial charge in [-0.1, -0.05) is 6.07 Å². The van der Waals surface area contributed by atoms with Crippen molar-refractivity contribution in [3.05, 3.63) is 59.4 Å². The molecule has 0 saturated carbocycles. The number of carbonyl (C=O) groups excluding carboxylic acids is 1. The van der Waals surface area contributed by atoms with E-state index in [1.165, 1.54) is 12.1 Å². The number of aromatic nitrogens is 1. The summed E-state index contributed by atoms with van der Waals surface area (Å²) >= 11 is 0.